The van der Waals surface area contributed by atoms with Gasteiger partial charge in [0, 0.05) is 12.7 Å². The fourth-order valence-corrected chi connectivity index (χ4v) is 2.40. The molecular formula is C11H12F3N5OS. The van der Waals surface area contributed by atoms with Crippen LogP contribution >= 0.6 is 11.8 Å². The number of aliphatic hydroxyl groups excluding tert-OH is 1. The van der Waals surface area contributed by atoms with E-state index >= 15 is 0 Å². The van der Waals surface area contributed by atoms with Crippen molar-refractivity contribution in [3.63, 3.8) is 0 Å². The standard InChI is InChI=1S/C11H12F3N5OS/c1-2-5-19-8(6-20)17-18-10(19)21-9-15-4-3-7(16-9)11(12,13)14/h3-4,20H,2,5-6H2,1H3. The van der Waals surface area contributed by atoms with Gasteiger partial charge in [-0.05, 0) is 24.2 Å². The summed E-state index contributed by atoms with van der Waals surface area (Å²) in [5, 5.41) is 17.1. The van der Waals surface area contributed by atoms with Crippen LogP contribution in [0.25, 0.3) is 0 Å². The second kappa shape index (κ2) is 6.39. The summed E-state index contributed by atoms with van der Waals surface area (Å²) in [6, 6.07) is 0.806. The first kappa shape index (κ1) is 15.7. The lowest BCUT2D eigenvalue weighted by Gasteiger charge is -2.08. The number of alkyl halides is 3. The Kier molecular flexibility index (Phi) is 4.78. The van der Waals surface area contributed by atoms with Crippen molar-refractivity contribution in [2.45, 2.75) is 43.0 Å². The lowest BCUT2D eigenvalue weighted by Crippen LogP contribution is -2.09. The second-order valence-corrected chi connectivity index (χ2v) is 4.97. The van der Waals surface area contributed by atoms with Gasteiger partial charge < -0.3 is 9.67 Å². The van der Waals surface area contributed by atoms with Crippen molar-refractivity contribution in [1.82, 2.24) is 24.7 Å². The van der Waals surface area contributed by atoms with Gasteiger partial charge in [-0.25, -0.2) is 9.97 Å². The highest BCUT2D eigenvalue weighted by Gasteiger charge is 2.33. The lowest BCUT2D eigenvalue weighted by molar-refractivity contribution is -0.141. The summed E-state index contributed by atoms with van der Waals surface area (Å²) in [4.78, 5) is 7.25. The molecule has 0 fully saturated rings. The van der Waals surface area contributed by atoms with Gasteiger partial charge in [-0.1, -0.05) is 6.92 Å². The molecule has 10 heteroatoms. The zero-order valence-corrected chi connectivity index (χ0v) is 11.8. The van der Waals surface area contributed by atoms with E-state index < -0.39 is 11.9 Å². The molecule has 114 valence electrons. The number of aliphatic hydroxyl groups is 1. The maximum Gasteiger partial charge on any atom is 0.433 e. The van der Waals surface area contributed by atoms with Gasteiger partial charge in [0.1, 0.15) is 12.3 Å². The molecule has 0 saturated heterocycles. The molecule has 0 amide bonds. The molecular weight excluding hydrogens is 307 g/mol. The molecule has 0 atom stereocenters. The van der Waals surface area contributed by atoms with Crippen molar-refractivity contribution < 1.29 is 18.3 Å². The summed E-state index contributed by atoms with van der Waals surface area (Å²) in [7, 11) is 0. The molecule has 0 aromatic carbocycles. The molecule has 0 unspecified atom stereocenters. The van der Waals surface area contributed by atoms with Crippen molar-refractivity contribution in [2.24, 2.45) is 0 Å². The minimum absolute atomic E-state index is 0.0703. The van der Waals surface area contributed by atoms with E-state index in [1.54, 1.807) is 4.57 Å². The molecule has 0 radical (unpaired) electrons. The van der Waals surface area contributed by atoms with Crippen LogP contribution < -0.4 is 0 Å². The maximum absolute atomic E-state index is 12.6. The molecule has 21 heavy (non-hydrogen) atoms. The van der Waals surface area contributed by atoms with Crippen LogP contribution in [0.5, 0.6) is 0 Å². The molecule has 1 N–H and O–H groups in total. The zero-order valence-electron chi connectivity index (χ0n) is 11.0. The van der Waals surface area contributed by atoms with Gasteiger partial charge in [0.15, 0.2) is 16.1 Å². The maximum atomic E-state index is 12.6. The van der Waals surface area contributed by atoms with Crippen LogP contribution in [0.2, 0.25) is 0 Å². The Balaban J connectivity index is 2.28. The Morgan fingerprint density at radius 3 is 2.71 bits per heavy atom. The third-order valence-corrected chi connectivity index (χ3v) is 3.35. The number of hydrogen-bond donors (Lipinski definition) is 1. The highest BCUT2D eigenvalue weighted by Crippen LogP contribution is 2.30. The van der Waals surface area contributed by atoms with Crippen molar-refractivity contribution in [2.75, 3.05) is 0 Å². The number of rotatable bonds is 5. The molecule has 0 bridgehead atoms. The van der Waals surface area contributed by atoms with E-state index in [1.165, 1.54) is 0 Å². The molecule has 2 aromatic rings. The van der Waals surface area contributed by atoms with Gasteiger partial charge in [0.25, 0.3) is 0 Å². The van der Waals surface area contributed by atoms with Crippen molar-refractivity contribution in [3.8, 4) is 0 Å². The highest BCUT2D eigenvalue weighted by molar-refractivity contribution is 7.99. The molecule has 2 aromatic heterocycles. The van der Waals surface area contributed by atoms with Crippen LogP contribution in [0, 0.1) is 0 Å². The Bertz CT molecular complexity index is 616. The van der Waals surface area contributed by atoms with Gasteiger partial charge in [-0.15, -0.1) is 10.2 Å². The molecule has 0 aliphatic carbocycles. The van der Waals surface area contributed by atoms with Crippen LogP contribution in [-0.4, -0.2) is 29.8 Å². The van der Waals surface area contributed by atoms with Crippen LogP contribution in [-0.2, 0) is 19.3 Å². The SMILES string of the molecule is CCCn1c(CO)nnc1Sc1nccc(C(F)(F)F)n1. The Hall–Kier alpha value is -1.68. The first-order chi connectivity index (χ1) is 9.95. The van der Waals surface area contributed by atoms with Crippen LogP contribution in [0.3, 0.4) is 0 Å². The third kappa shape index (κ3) is 3.70. The van der Waals surface area contributed by atoms with Gasteiger partial charge >= 0.3 is 6.18 Å². The van der Waals surface area contributed by atoms with E-state index in [2.05, 4.69) is 20.2 Å². The van der Waals surface area contributed by atoms with Crippen molar-refractivity contribution >= 4 is 11.8 Å². The quantitative estimate of drug-likeness (QED) is 0.851. The smallest absolute Gasteiger partial charge is 0.388 e. The number of halogens is 3. The van der Waals surface area contributed by atoms with Crippen molar-refractivity contribution in [1.29, 1.82) is 0 Å². The number of hydrogen-bond acceptors (Lipinski definition) is 6. The summed E-state index contributed by atoms with van der Waals surface area (Å²) in [6.07, 6.45) is -2.71. The molecule has 0 aliphatic rings. The summed E-state index contributed by atoms with van der Waals surface area (Å²) in [5.74, 6) is 0.353. The van der Waals surface area contributed by atoms with Gasteiger partial charge in [-0.2, -0.15) is 13.2 Å². The minimum atomic E-state index is -4.52. The molecule has 2 heterocycles. The summed E-state index contributed by atoms with van der Waals surface area (Å²) < 4.78 is 39.4. The molecule has 0 saturated carbocycles. The monoisotopic (exact) mass is 319 g/mol. The average molecular weight is 319 g/mol. The van der Waals surface area contributed by atoms with E-state index in [0.717, 1.165) is 30.4 Å². The fraction of sp³-hybridized carbons (Fsp3) is 0.455. The molecule has 0 spiro atoms. The summed E-state index contributed by atoms with van der Waals surface area (Å²) in [5.41, 5.74) is -1.01. The number of nitrogens with zero attached hydrogens (tertiary/aromatic N) is 5. The van der Waals surface area contributed by atoms with Gasteiger partial charge in [-0.3, -0.25) is 0 Å². The Labute approximate surface area is 122 Å². The topological polar surface area (TPSA) is 76.7 Å². The first-order valence-electron chi connectivity index (χ1n) is 6.06. The normalized spacial score (nSPS) is 11.9. The zero-order chi connectivity index (χ0) is 15.5. The molecule has 0 aliphatic heterocycles. The van der Waals surface area contributed by atoms with Gasteiger partial charge in [0.2, 0.25) is 0 Å². The summed E-state index contributed by atoms with van der Waals surface area (Å²) >= 11 is 0.877. The highest BCUT2D eigenvalue weighted by atomic mass is 32.2. The predicted molar refractivity (Wildman–Crippen MR) is 67.4 cm³/mol. The van der Waals surface area contributed by atoms with E-state index in [4.69, 9.17) is 5.11 Å². The van der Waals surface area contributed by atoms with Gasteiger partial charge in [0.05, 0.1) is 0 Å². The third-order valence-electron chi connectivity index (χ3n) is 2.49. The first-order valence-corrected chi connectivity index (χ1v) is 6.88. The molecule has 6 nitrogen and oxygen atoms in total. The van der Waals surface area contributed by atoms with E-state index in [-0.39, 0.29) is 11.8 Å². The molecule has 2 rings (SSSR count). The second-order valence-electron chi connectivity index (χ2n) is 4.03. The van der Waals surface area contributed by atoms with Crippen LogP contribution in [0.15, 0.2) is 22.6 Å². The fourth-order valence-electron chi connectivity index (χ4n) is 1.59. The van der Waals surface area contributed by atoms with Crippen molar-refractivity contribution in [3.05, 3.63) is 23.8 Å². The summed E-state index contributed by atoms with van der Waals surface area (Å²) in [6.45, 7) is 2.18. The Morgan fingerprint density at radius 2 is 2.10 bits per heavy atom. The van der Waals surface area contributed by atoms with E-state index in [1.807, 2.05) is 6.92 Å². The average Bonchev–Trinajstić information content (AvgIpc) is 2.81. The largest absolute Gasteiger partial charge is 0.433 e. The van der Waals surface area contributed by atoms with E-state index in [9.17, 15) is 13.2 Å². The minimum Gasteiger partial charge on any atom is -0.388 e. The predicted octanol–water partition coefficient (Wildman–Crippen LogP) is 2.14. The number of aromatic nitrogens is 5. The van der Waals surface area contributed by atoms with Crippen LogP contribution in [0.4, 0.5) is 13.2 Å². The Morgan fingerprint density at radius 1 is 1.33 bits per heavy atom. The van der Waals surface area contributed by atoms with Crippen LogP contribution in [0.1, 0.15) is 24.9 Å². The van der Waals surface area contributed by atoms with E-state index in [0.29, 0.717) is 17.5 Å². The lowest BCUT2D eigenvalue weighted by atomic mass is 10.4.